The van der Waals surface area contributed by atoms with E-state index in [9.17, 15) is 14.9 Å². The highest BCUT2D eigenvalue weighted by Gasteiger charge is 2.20. The van der Waals surface area contributed by atoms with E-state index >= 15 is 0 Å². The number of hydrogen-bond acceptors (Lipinski definition) is 6. The predicted octanol–water partition coefficient (Wildman–Crippen LogP) is 3.74. The lowest BCUT2D eigenvalue weighted by molar-refractivity contribution is -0.384. The van der Waals surface area contributed by atoms with Crippen LogP contribution in [0.15, 0.2) is 28.1 Å². The lowest BCUT2D eigenvalue weighted by Gasteiger charge is -2.13. The minimum Gasteiger partial charge on any atom is -0.354 e. The van der Waals surface area contributed by atoms with E-state index in [1.165, 1.54) is 37.7 Å². The SMILES string of the molecule is COC(CNC(=O)c1csc(-c2ccc([N+](=O)[O-])cc2C)c1Br)OC. The number of halogens is 1. The second-order valence-corrected chi connectivity index (χ2v) is 6.83. The smallest absolute Gasteiger partial charge is 0.269 e. The van der Waals surface area contributed by atoms with Crippen LogP contribution in [0.25, 0.3) is 10.4 Å². The van der Waals surface area contributed by atoms with Crippen molar-refractivity contribution < 1.29 is 19.2 Å². The molecule has 1 amide bonds. The molecule has 0 saturated heterocycles. The van der Waals surface area contributed by atoms with Gasteiger partial charge in [-0.05, 0) is 40.0 Å². The van der Waals surface area contributed by atoms with Crippen molar-refractivity contribution >= 4 is 38.9 Å². The largest absolute Gasteiger partial charge is 0.354 e. The maximum atomic E-state index is 12.3. The van der Waals surface area contributed by atoms with Gasteiger partial charge in [0.1, 0.15) is 0 Å². The Morgan fingerprint density at radius 1 is 1.40 bits per heavy atom. The summed E-state index contributed by atoms with van der Waals surface area (Å²) in [5.41, 5.74) is 2.14. The highest BCUT2D eigenvalue weighted by Crippen LogP contribution is 2.39. The number of carbonyl (C=O) groups is 1. The monoisotopic (exact) mass is 428 g/mol. The van der Waals surface area contributed by atoms with E-state index in [2.05, 4.69) is 21.2 Å². The van der Waals surface area contributed by atoms with E-state index in [1.807, 2.05) is 0 Å². The summed E-state index contributed by atoms with van der Waals surface area (Å²) in [6.07, 6.45) is -0.516. The fourth-order valence-corrected chi connectivity index (χ4v) is 4.20. The maximum absolute atomic E-state index is 12.3. The highest BCUT2D eigenvalue weighted by molar-refractivity contribution is 9.10. The van der Waals surface area contributed by atoms with E-state index in [0.29, 0.717) is 10.0 Å². The number of hydrogen-bond donors (Lipinski definition) is 1. The van der Waals surface area contributed by atoms with Crippen LogP contribution in [0.1, 0.15) is 15.9 Å². The maximum Gasteiger partial charge on any atom is 0.269 e. The number of non-ortho nitro benzene ring substituents is 1. The number of ether oxygens (including phenoxy) is 2. The van der Waals surface area contributed by atoms with Gasteiger partial charge >= 0.3 is 0 Å². The third-order valence-electron chi connectivity index (χ3n) is 3.60. The first kappa shape index (κ1) is 19.5. The third-order valence-corrected chi connectivity index (χ3v) is 5.69. The number of carbonyl (C=O) groups excluding carboxylic acids is 1. The average Bonchev–Trinajstić information content (AvgIpc) is 2.96. The van der Waals surface area contributed by atoms with E-state index in [1.54, 1.807) is 18.4 Å². The first-order valence-corrected chi connectivity index (χ1v) is 8.92. The van der Waals surface area contributed by atoms with Crippen LogP contribution in [0.2, 0.25) is 0 Å². The Labute approximate surface area is 157 Å². The molecule has 134 valence electrons. The number of nitrogens with zero attached hydrogens (tertiary/aromatic N) is 1. The summed E-state index contributed by atoms with van der Waals surface area (Å²) in [5.74, 6) is -0.256. The van der Waals surface area contributed by atoms with Gasteiger partial charge in [0.2, 0.25) is 0 Å². The van der Waals surface area contributed by atoms with Gasteiger partial charge < -0.3 is 14.8 Å². The normalized spacial score (nSPS) is 10.9. The molecule has 0 spiro atoms. The van der Waals surface area contributed by atoms with Crippen molar-refractivity contribution in [1.82, 2.24) is 5.32 Å². The van der Waals surface area contributed by atoms with Crippen molar-refractivity contribution in [2.24, 2.45) is 0 Å². The Morgan fingerprint density at radius 3 is 2.64 bits per heavy atom. The summed E-state index contributed by atoms with van der Waals surface area (Å²) in [6, 6.07) is 4.66. The zero-order chi connectivity index (χ0) is 18.6. The molecule has 1 aromatic carbocycles. The molecular formula is C16H17BrN2O5S. The number of aryl methyl sites for hydroxylation is 1. The van der Waals surface area contributed by atoms with Crippen molar-refractivity contribution in [2.45, 2.75) is 13.2 Å². The van der Waals surface area contributed by atoms with E-state index in [-0.39, 0.29) is 18.1 Å². The minimum absolute atomic E-state index is 0.0390. The Hall–Kier alpha value is -1.81. The zero-order valence-electron chi connectivity index (χ0n) is 13.9. The molecule has 9 heteroatoms. The number of nitro groups is 1. The fraction of sp³-hybridized carbons (Fsp3) is 0.312. The predicted molar refractivity (Wildman–Crippen MR) is 99.0 cm³/mol. The molecule has 1 aromatic heterocycles. The summed E-state index contributed by atoms with van der Waals surface area (Å²) >= 11 is 4.86. The first-order chi connectivity index (χ1) is 11.9. The van der Waals surface area contributed by atoms with Crippen LogP contribution in [0, 0.1) is 17.0 Å². The van der Waals surface area contributed by atoms with Gasteiger partial charge in [0, 0.05) is 41.1 Å². The Morgan fingerprint density at radius 2 is 2.08 bits per heavy atom. The molecule has 2 rings (SSSR count). The fourth-order valence-electron chi connectivity index (χ4n) is 2.23. The Bertz CT molecular complexity index is 789. The van der Waals surface area contributed by atoms with Gasteiger partial charge in [0.15, 0.2) is 6.29 Å². The molecule has 2 aromatic rings. The molecule has 0 aliphatic rings. The van der Waals surface area contributed by atoms with Gasteiger partial charge in [-0.3, -0.25) is 14.9 Å². The molecule has 0 radical (unpaired) electrons. The number of methoxy groups -OCH3 is 2. The van der Waals surface area contributed by atoms with Gasteiger partial charge in [0.25, 0.3) is 11.6 Å². The van der Waals surface area contributed by atoms with Gasteiger partial charge in [-0.2, -0.15) is 0 Å². The number of nitrogens with one attached hydrogen (secondary N) is 1. The molecule has 25 heavy (non-hydrogen) atoms. The van der Waals surface area contributed by atoms with E-state index in [0.717, 1.165) is 16.0 Å². The van der Waals surface area contributed by atoms with Crippen LogP contribution >= 0.6 is 27.3 Å². The number of amides is 1. The summed E-state index contributed by atoms with van der Waals surface area (Å²) in [6.45, 7) is 2.02. The molecule has 0 atom stereocenters. The van der Waals surface area contributed by atoms with Crippen LogP contribution in [0.4, 0.5) is 5.69 Å². The quantitative estimate of drug-likeness (QED) is 0.411. The first-order valence-electron chi connectivity index (χ1n) is 7.25. The van der Waals surface area contributed by atoms with Crippen molar-refractivity contribution in [2.75, 3.05) is 20.8 Å². The number of rotatable bonds is 7. The van der Waals surface area contributed by atoms with Crippen LogP contribution in [-0.2, 0) is 9.47 Å². The topological polar surface area (TPSA) is 90.7 Å². The number of benzene rings is 1. The van der Waals surface area contributed by atoms with Crippen molar-refractivity contribution in [1.29, 1.82) is 0 Å². The highest BCUT2D eigenvalue weighted by atomic mass is 79.9. The van der Waals surface area contributed by atoms with E-state index in [4.69, 9.17) is 9.47 Å². The van der Waals surface area contributed by atoms with E-state index < -0.39 is 11.2 Å². The molecule has 0 aliphatic carbocycles. The van der Waals surface area contributed by atoms with Gasteiger partial charge in [0.05, 0.1) is 17.0 Å². The standard InChI is InChI=1S/C16H17BrN2O5S/c1-9-6-10(19(21)22)4-5-11(9)15-14(17)12(8-25-15)16(20)18-7-13(23-2)24-3/h4-6,8,13H,7H2,1-3H3,(H,18,20). The third kappa shape index (κ3) is 4.43. The molecule has 0 bridgehead atoms. The molecule has 0 saturated carbocycles. The van der Waals surface area contributed by atoms with Crippen molar-refractivity contribution in [3.05, 3.63) is 49.3 Å². The Balaban J connectivity index is 2.23. The van der Waals surface area contributed by atoms with Gasteiger partial charge in [-0.1, -0.05) is 0 Å². The number of thiophene rings is 1. The molecule has 1 N–H and O–H groups in total. The Kier molecular flexibility index (Phi) is 6.65. The molecular weight excluding hydrogens is 412 g/mol. The van der Waals surface area contributed by atoms with Crippen LogP contribution < -0.4 is 5.32 Å². The zero-order valence-corrected chi connectivity index (χ0v) is 16.3. The lowest BCUT2D eigenvalue weighted by Crippen LogP contribution is -2.34. The molecule has 1 heterocycles. The summed E-state index contributed by atoms with van der Waals surface area (Å²) in [5, 5.41) is 15.3. The molecule has 0 aliphatic heterocycles. The number of nitro benzene ring substituents is 1. The van der Waals surface area contributed by atoms with Crippen LogP contribution in [-0.4, -0.2) is 37.9 Å². The van der Waals surface area contributed by atoms with Gasteiger partial charge in [-0.15, -0.1) is 11.3 Å². The van der Waals surface area contributed by atoms with Crippen LogP contribution in [0.5, 0.6) is 0 Å². The summed E-state index contributed by atoms with van der Waals surface area (Å²) in [4.78, 5) is 23.6. The van der Waals surface area contributed by atoms with Crippen molar-refractivity contribution in [3.63, 3.8) is 0 Å². The molecule has 0 fully saturated rings. The second-order valence-electron chi connectivity index (χ2n) is 5.16. The van der Waals surface area contributed by atoms with Gasteiger partial charge in [-0.25, -0.2) is 0 Å². The lowest BCUT2D eigenvalue weighted by atomic mass is 10.1. The summed E-state index contributed by atoms with van der Waals surface area (Å²) < 4.78 is 10.7. The molecule has 0 unspecified atom stereocenters. The second kappa shape index (κ2) is 8.52. The molecule has 7 nitrogen and oxygen atoms in total. The summed E-state index contributed by atoms with van der Waals surface area (Å²) in [7, 11) is 2.99. The average molecular weight is 429 g/mol. The minimum atomic E-state index is -0.516. The van der Waals surface area contributed by atoms with Crippen LogP contribution in [0.3, 0.4) is 0 Å². The van der Waals surface area contributed by atoms with Crippen molar-refractivity contribution in [3.8, 4) is 10.4 Å².